The fourth-order valence-corrected chi connectivity index (χ4v) is 3.14. The van der Waals surface area contributed by atoms with E-state index in [9.17, 15) is 18.0 Å². The van der Waals surface area contributed by atoms with Gasteiger partial charge in [0, 0.05) is 27.7 Å². The summed E-state index contributed by atoms with van der Waals surface area (Å²) in [5.41, 5.74) is 0. The monoisotopic (exact) mass is 277 g/mol. The van der Waals surface area contributed by atoms with E-state index in [0.717, 1.165) is 13.5 Å². The molecule has 1 aliphatic heterocycles. The molecule has 8 heteroatoms. The van der Waals surface area contributed by atoms with E-state index in [2.05, 4.69) is 0 Å². The van der Waals surface area contributed by atoms with Crippen molar-refractivity contribution in [2.45, 2.75) is 25.8 Å². The Hall–Kier alpha value is -0.990. The molecule has 1 aliphatic rings. The number of likely N-dealkylation sites (tertiary alicyclic amines) is 1. The molecule has 0 aromatic heterocycles. The maximum absolute atomic E-state index is 12.1. The first kappa shape index (κ1) is 15.1. The number of hydrogen-bond donors (Lipinski definition) is 0. The van der Waals surface area contributed by atoms with Crippen LogP contribution in [0, 0.1) is 0 Å². The fourth-order valence-electron chi connectivity index (χ4n) is 1.82. The Labute approximate surface area is 108 Å². The number of nitrogens with zero attached hydrogens (tertiary/aromatic N) is 3. The van der Waals surface area contributed by atoms with Gasteiger partial charge in [-0.1, -0.05) is 6.92 Å². The van der Waals surface area contributed by atoms with Crippen LogP contribution in [0.25, 0.3) is 0 Å². The molecule has 1 saturated heterocycles. The maximum atomic E-state index is 12.1. The van der Waals surface area contributed by atoms with Crippen LogP contribution < -0.4 is 0 Å². The Balaban J connectivity index is 3.08. The normalized spacial score (nSPS) is 21.4. The van der Waals surface area contributed by atoms with Crippen molar-refractivity contribution >= 4 is 22.0 Å². The van der Waals surface area contributed by atoms with Crippen LogP contribution in [-0.2, 0) is 19.8 Å². The van der Waals surface area contributed by atoms with Gasteiger partial charge in [-0.25, -0.2) is 0 Å². The molecule has 18 heavy (non-hydrogen) atoms. The van der Waals surface area contributed by atoms with E-state index in [1.54, 1.807) is 0 Å². The Bertz CT molecular complexity index is 446. The number of imide groups is 1. The van der Waals surface area contributed by atoms with E-state index in [1.165, 1.54) is 21.1 Å². The van der Waals surface area contributed by atoms with Crippen molar-refractivity contribution in [2.24, 2.45) is 0 Å². The van der Waals surface area contributed by atoms with Crippen molar-refractivity contribution in [3.8, 4) is 0 Å². The van der Waals surface area contributed by atoms with Crippen LogP contribution >= 0.6 is 0 Å². The van der Waals surface area contributed by atoms with Crippen molar-refractivity contribution < 1.29 is 18.0 Å². The predicted molar refractivity (Wildman–Crippen MR) is 65.8 cm³/mol. The third kappa shape index (κ3) is 2.55. The molecular formula is C10H19N3O4S. The zero-order chi connectivity index (χ0) is 14.1. The van der Waals surface area contributed by atoms with Crippen LogP contribution in [0.1, 0.15) is 19.8 Å². The van der Waals surface area contributed by atoms with Gasteiger partial charge in [0.25, 0.3) is 10.2 Å². The zero-order valence-corrected chi connectivity index (χ0v) is 11.9. The van der Waals surface area contributed by atoms with Crippen LogP contribution in [0.3, 0.4) is 0 Å². The molecule has 7 nitrogen and oxygen atoms in total. The van der Waals surface area contributed by atoms with Gasteiger partial charge in [0.1, 0.15) is 6.04 Å². The molecule has 1 fully saturated rings. The Morgan fingerprint density at radius 3 is 2.22 bits per heavy atom. The summed E-state index contributed by atoms with van der Waals surface area (Å²) in [6.07, 6.45) is 0.497. The number of hydrogen-bond acceptors (Lipinski definition) is 4. The van der Waals surface area contributed by atoms with E-state index >= 15 is 0 Å². The fraction of sp³-hybridized carbons (Fsp3) is 0.800. The summed E-state index contributed by atoms with van der Waals surface area (Å²) < 4.78 is 26.4. The first-order valence-corrected chi connectivity index (χ1v) is 7.12. The second kappa shape index (κ2) is 5.33. The minimum Gasteiger partial charge on any atom is -0.284 e. The van der Waals surface area contributed by atoms with Crippen molar-refractivity contribution in [2.75, 3.05) is 27.7 Å². The molecule has 0 radical (unpaired) electrons. The minimum atomic E-state index is -3.70. The van der Waals surface area contributed by atoms with Crippen LogP contribution in [0.15, 0.2) is 0 Å². The van der Waals surface area contributed by atoms with E-state index < -0.39 is 22.2 Å². The van der Waals surface area contributed by atoms with Gasteiger partial charge in [-0.15, -0.1) is 0 Å². The van der Waals surface area contributed by atoms with Gasteiger partial charge in [0.05, 0.1) is 6.42 Å². The summed E-state index contributed by atoms with van der Waals surface area (Å²) in [4.78, 5) is 24.3. The van der Waals surface area contributed by atoms with E-state index in [0.29, 0.717) is 6.42 Å². The molecule has 0 unspecified atom stereocenters. The summed E-state index contributed by atoms with van der Waals surface area (Å²) in [5.74, 6) is -0.807. The minimum absolute atomic E-state index is 0.0809. The summed E-state index contributed by atoms with van der Waals surface area (Å²) in [6.45, 7) is 2.04. The summed E-state index contributed by atoms with van der Waals surface area (Å²) >= 11 is 0. The molecule has 0 N–H and O–H groups in total. The highest BCUT2D eigenvalue weighted by molar-refractivity contribution is 7.86. The average molecular weight is 277 g/mol. The highest BCUT2D eigenvalue weighted by Crippen LogP contribution is 2.21. The van der Waals surface area contributed by atoms with Gasteiger partial charge in [0.15, 0.2) is 0 Å². The smallest absolute Gasteiger partial charge is 0.282 e. The lowest BCUT2D eigenvalue weighted by atomic mass is 10.2. The topological polar surface area (TPSA) is 78.0 Å². The van der Waals surface area contributed by atoms with Gasteiger partial charge in [0.2, 0.25) is 11.8 Å². The SMILES string of the molecule is CCCN([C@@H]1CC(=O)N(C)C1=O)S(=O)(=O)N(C)C. The predicted octanol–water partition coefficient (Wildman–Crippen LogP) is -0.738. The van der Waals surface area contributed by atoms with Crippen molar-refractivity contribution in [1.82, 2.24) is 13.5 Å². The van der Waals surface area contributed by atoms with Crippen LogP contribution in [0.5, 0.6) is 0 Å². The summed E-state index contributed by atoms with van der Waals surface area (Å²) in [5, 5.41) is 0. The number of carbonyl (C=O) groups excluding carboxylic acids is 2. The lowest BCUT2D eigenvalue weighted by Crippen LogP contribution is -2.49. The Kier molecular flexibility index (Phi) is 4.46. The van der Waals surface area contributed by atoms with Gasteiger partial charge in [-0.2, -0.15) is 17.0 Å². The van der Waals surface area contributed by atoms with E-state index in [-0.39, 0.29) is 18.9 Å². The summed E-state index contributed by atoms with van der Waals surface area (Å²) in [6, 6.07) is -0.908. The van der Waals surface area contributed by atoms with Gasteiger partial charge >= 0.3 is 0 Å². The van der Waals surface area contributed by atoms with Gasteiger partial charge < -0.3 is 0 Å². The van der Waals surface area contributed by atoms with Crippen LogP contribution in [0.4, 0.5) is 0 Å². The molecule has 0 saturated carbocycles. The van der Waals surface area contributed by atoms with E-state index in [4.69, 9.17) is 0 Å². The largest absolute Gasteiger partial charge is 0.284 e. The van der Waals surface area contributed by atoms with E-state index in [1.807, 2.05) is 6.92 Å². The molecule has 1 rings (SSSR count). The molecule has 0 aromatic rings. The molecule has 0 bridgehead atoms. The third-order valence-electron chi connectivity index (χ3n) is 2.91. The van der Waals surface area contributed by atoms with Crippen LogP contribution in [-0.4, -0.2) is 67.5 Å². The van der Waals surface area contributed by atoms with Crippen LogP contribution in [0.2, 0.25) is 0 Å². The standard InChI is InChI=1S/C10H19N3O4S/c1-5-6-13(18(16,17)11(2)3)8-7-9(14)12(4)10(8)15/h8H,5-7H2,1-4H3/t8-/m1/s1. The quantitative estimate of drug-likeness (QED) is 0.620. The second-order valence-electron chi connectivity index (χ2n) is 4.41. The maximum Gasteiger partial charge on any atom is 0.282 e. The molecule has 1 atom stereocenters. The lowest BCUT2D eigenvalue weighted by molar-refractivity contribution is -0.137. The lowest BCUT2D eigenvalue weighted by Gasteiger charge is -2.28. The van der Waals surface area contributed by atoms with Gasteiger partial charge in [-0.3, -0.25) is 14.5 Å². The Morgan fingerprint density at radius 2 is 1.89 bits per heavy atom. The first-order chi connectivity index (χ1) is 8.23. The molecule has 104 valence electrons. The number of amides is 2. The molecule has 1 heterocycles. The summed E-state index contributed by atoms with van der Waals surface area (Å²) in [7, 11) is 0.486. The number of rotatable bonds is 5. The number of carbonyl (C=O) groups is 2. The molecular weight excluding hydrogens is 258 g/mol. The highest BCUT2D eigenvalue weighted by atomic mass is 32.2. The molecule has 0 aromatic carbocycles. The molecule has 2 amide bonds. The van der Waals surface area contributed by atoms with Crippen molar-refractivity contribution in [3.63, 3.8) is 0 Å². The Morgan fingerprint density at radius 1 is 1.33 bits per heavy atom. The highest BCUT2D eigenvalue weighted by Gasteiger charge is 2.44. The van der Waals surface area contributed by atoms with Gasteiger partial charge in [-0.05, 0) is 6.42 Å². The first-order valence-electron chi connectivity index (χ1n) is 5.73. The van der Waals surface area contributed by atoms with Crippen molar-refractivity contribution in [3.05, 3.63) is 0 Å². The van der Waals surface area contributed by atoms with Crippen molar-refractivity contribution in [1.29, 1.82) is 0 Å². The second-order valence-corrected chi connectivity index (χ2v) is 6.51. The third-order valence-corrected chi connectivity index (χ3v) is 4.86. The number of likely N-dealkylation sites (N-methyl/N-ethyl adjacent to an activating group) is 1. The average Bonchev–Trinajstić information content (AvgIpc) is 2.53. The zero-order valence-electron chi connectivity index (χ0n) is 11.1. The molecule has 0 aliphatic carbocycles. The molecule has 0 spiro atoms.